The summed E-state index contributed by atoms with van der Waals surface area (Å²) in [6, 6.07) is 0. The Balaban J connectivity index is 2.67. The molecule has 1 atom stereocenters. The summed E-state index contributed by atoms with van der Waals surface area (Å²) >= 11 is 1.55. The molecule has 0 aromatic carbocycles. The highest BCUT2D eigenvalue weighted by atomic mass is 32.1. The van der Waals surface area contributed by atoms with Crippen molar-refractivity contribution < 1.29 is 9.84 Å². The fraction of sp³-hybridized carbons (Fsp3) is 0.667. The van der Waals surface area contributed by atoms with Crippen LogP contribution < -0.4 is 0 Å². The molecule has 0 aliphatic rings. The van der Waals surface area contributed by atoms with Crippen LogP contribution in [0, 0.1) is 0 Å². The van der Waals surface area contributed by atoms with Gasteiger partial charge in [0.1, 0.15) is 11.1 Å². The zero-order valence-electron chi connectivity index (χ0n) is 7.99. The predicted molar refractivity (Wildman–Crippen MR) is 52.7 cm³/mol. The third kappa shape index (κ3) is 2.76. The molecule has 1 N–H and O–H groups in total. The second-order valence-electron chi connectivity index (χ2n) is 2.85. The summed E-state index contributed by atoms with van der Waals surface area (Å²) in [7, 11) is 1.69. The number of methoxy groups -OCH3 is 1. The molecule has 1 aromatic rings. The first-order valence-electron chi connectivity index (χ1n) is 4.39. The largest absolute Gasteiger partial charge is 0.390 e. The Morgan fingerprint density at radius 1 is 1.69 bits per heavy atom. The molecule has 13 heavy (non-hydrogen) atoms. The van der Waals surface area contributed by atoms with E-state index in [1.807, 2.05) is 5.38 Å². The van der Waals surface area contributed by atoms with E-state index in [2.05, 4.69) is 11.9 Å². The Morgan fingerprint density at radius 3 is 2.92 bits per heavy atom. The van der Waals surface area contributed by atoms with Crippen LogP contribution in [0.1, 0.15) is 36.6 Å². The van der Waals surface area contributed by atoms with Gasteiger partial charge in [0, 0.05) is 12.5 Å². The number of rotatable bonds is 5. The van der Waals surface area contributed by atoms with Gasteiger partial charge in [0.25, 0.3) is 0 Å². The number of nitrogens with zero attached hydrogens (tertiary/aromatic N) is 1. The number of aliphatic hydroxyl groups excluding tert-OH is 1. The fourth-order valence-electron chi connectivity index (χ4n) is 1.15. The lowest BCUT2D eigenvalue weighted by Crippen LogP contribution is -2.00. The maximum Gasteiger partial charge on any atom is 0.122 e. The van der Waals surface area contributed by atoms with Crippen molar-refractivity contribution in [1.82, 2.24) is 4.98 Å². The lowest BCUT2D eigenvalue weighted by molar-refractivity contribution is 0.0944. The van der Waals surface area contributed by atoms with Crippen LogP contribution in [0.2, 0.25) is 0 Å². The van der Waals surface area contributed by atoms with E-state index < -0.39 is 0 Å². The first kappa shape index (κ1) is 10.6. The van der Waals surface area contributed by atoms with Crippen molar-refractivity contribution in [3.05, 3.63) is 16.1 Å². The maximum atomic E-state index is 8.84. The second-order valence-corrected chi connectivity index (χ2v) is 3.74. The first-order chi connectivity index (χ1) is 6.31. The average molecular weight is 201 g/mol. The highest BCUT2D eigenvalue weighted by Gasteiger charge is 2.13. The van der Waals surface area contributed by atoms with Crippen molar-refractivity contribution >= 4 is 11.3 Å². The van der Waals surface area contributed by atoms with Gasteiger partial charge in [-0.1, -0.05) is 13.3 Å². The molecular formula is C9H15NO2S. The van der Waals surface area contributed by atoms with Gasteiger partial charge in [-0.3, -0.25) is 0 Å². The lowest BCUT2D eigenvalue weighted by atomic mass is 10.2. The molecule has 0 radical (unpaired) electrons. The average Bonchev–Trinajstić information content (AvgIpc) is 2.62. The molecular weight excluding hydrogens is 186 g/mol. The summed E-state index contributed by atoms with van der Waals surface area (Å²) in [5, 5.41) is 11.7. The van der Waals surface area contributed by atoms with Crippen LogP contribution in [0.15, 0.2) is 5.38 Å². The lowest BCUT2D eigenvalue weighted by Gasteiger charge is -2.10. The molecule has 4 heteroatoms. The summed E-state index contributed by atoms with van der Waals surface area (Å²) in [5.74, 6) is 0. The van der Waals surface area contributed by atoms with E-state index in [0.29, 0.717) is 0 Å². The molecule has 0 saturated heterocycles. The molecule has 74 valence electrons. The van der Waals surface area contributed by atoms with Crippen LogP contribution in [0.3, 0.4) is 0 Å². The Labute approximate surface area is 82.4 Å². The molecule has 1 aromatic heterocycles. The minimum atomic E-state index is 0.0130. The van der Waals surface area contributed by atoms with Gasteiger partial charge in [0.2, 0.25) is 0 Å². The van der Waals surface area contributed by atoms with E-state index >= 15 is 0 Å². The van der Waals surface area contributed by atoms with E-state index in [-0.39, 0.29) is 12.7 Å². The Bertz CT molecular complexity index is 250. The standard InChI is InChI=1S/C9H15NO2S/c1-3-4-8(12-2)9-10-7(5-11)6-13-9/h6,8,11H,3-5H2,1-2H3. The fourth-order valence-corrected chi connectivity index (χ4v) is 2.07. The zero-order valence-corrected chi connectivity index (χ0v) is 8.80. The molecule has 0 aliphatic carbocycles. The van der Waals surface area contributed by atoms with Gasteiger partial charge in [-0.15, -0.1) is 11.3 Å². The Kier molecular flexibility index (Phi) is 4.35. The van der Waals surface area contributed by atoms with Crippen molar-refractivity contribution in [3.63, 3.8) is 0 Å². The van der Waals surface area contributed by atoms with E-state index in [0.717, 1.165) is 23.5 Å². The van der Waals surface area contributed by atoms with Gasteiger partial charge < -0.3 is 9.84 Å². The van der Waals surface area contributed by atoms with Crippen molar-refractivity contribution in [1.29, 1.82) is 0 Å². The Morgan fingerprint density at radius 2 is 2.46 bits per heavy atom. The van der Waals surface area contributed by atoms with E-state index in [4.69, 9.17) is 9.84 Å². The third-order valence-corrected chi connectivity index (χ3v) is 2.83. The van der Waals surface area contributed by atoms with Gasteiger partial charge >= 0.3 is 0 Å². The van der Waals surface area contributed by atoms with Crippen molar-refractivity contribution in [2.75, 3.05) is 7.11 Å². The summed E-state index contributed by atoms with van der Waals surface area (Å²) in [6.07, 6.45) is 2.15. The number of thiazole rings is 1. The van der Waals surface area contributed by atoms with Crippen LogP contribution >= 0.6 is 11.3 Å². The smallest absolute Gasteiger partial charge is 0.122 e. The number of aliphatic hydroxyl groups is 1. The van der Waals surface area contributed by atoms with E-state index in [1.165, 1.54) is 0 Å². The summed E-state index contributed by atoms with van der Waals surface area (Å²) in [5.41, 5.74) is 0.734. The summed E-state index contributed by atoms with van der Waals surface area (Å²) < 4.78 is 5.30. The molecule has 0 aliphatic heterocycles. The zero-order chi connectivity index (χ0) is 9.68. The minimum Gasteiger partial charge on any atom is -0.390 e. The van der Waals surface area contributed by atoms with Gasteiger partial charge in [0.15, 0.2) is 0 Å². The quantitative estimate of drug-likeness (QED) is 0.793. The number of hydrogen-bond acceptors (Lipinski definition) is 4. The molecule has 0 spiro atoms. The van der Waals surface area contributed by atoms with Gasteiger partial charge in [-0.05, 0) is 6.42 Å². The SMILES string of the molecule is CCCC(OC)c1nc(CO)cs1. The highest BCUT2D eigenvalue weighted by Crippen LogP contribution is 2.25. The minimum absolute atomic E-state index is 0.0130. The third-order valence-electron chi connectivity index (χ3n) is 1.84. The molecule has 1 unspecified atom stereocenters. The molecule has 0 amide bonds. The van der Waals surface area contributed by atoms with Gasteiger partial charge in [-0.25, -0.2) is 4.98 Å². The monoisotopic (exact) mass is 201 g/mol. The second kappa shape index (κ2) is 5.32. The van der Waals surface area contributed by atoms with Crippen molar-refractivity contribution in [3.8, 4) is 0 Å². The predicted octanol–water partition coefficient (Wildman–Crippen LogP) is 2.12. The van der Waals surface area contributed by atoms with Crippen LogP contribution in [0.5, 0.6) is 0 Å². The Hall–Kier alpha value is -0.450. The maximum absolute atomic E-state index is 8.84. The molecule has 0 saturated carbocycles. The van der Waals surface area contributed by atoms with Crippen LogP contribution in [-0.2, 0) is 11.3 Å². The van der Waals surface area contributed by atoms with Crippen LogP contribution in [-0.4, -0.2) is 17.2 Å². The molecule has 1 rings (SSSR count). The van der Waals surface area contributed by atoms with Crippen molar-refractivity contribution in [2.45, 2.75) is 32.5 Å². The normalized spacial score (nSPS) is 13.2. The number of aromatic nitrogens is 1. The molecule has 3 nitrogen and oxygen atoms in total. The van der Waals surface area contributed by atoms with E-state index in [9.17, 15) is 0 Å². The summed E-state index contributed by atoms with van der Waals surface area (Å²) in [6.45, 7) is 2.13. The van der Waals surface area contributed by atoms with Crippen LogP contribution in [0.4, 0.5) is 0 Å². The number of ether oxygens (including phenoxy) is 1. The van der Waals surface area contributed by atoms with Gasteiger partial charge in [-0.2, -0.15) is 0 Å². The summed E-state index contributed by atoms with van der Waals surface area (Å²) in [4.78, 5) is 4.26. The molecule has 0 fully saturated rings. The van der Waals surface area contributed by atoms with E-state index in [1.54, 1.807) is 18.4 Å². The van der Waals surface area contributed by atoms with Crippen LogP contribution in [0.25, 0.3) is 0 Å². The topological polar surface area (TPSA) is 42.4 Å². The molecule has 1 heterocycles. The first-order valence-corrected chi connectivity index (χ1v) is 5.27. The van der Waals surface area contributed by atoms with Crippen molar-refractivity contribution in [2.24, 2.45) is 0 Å². The van der Waals surface area contributed by atoms with Gasteiger partial charge in [0.05, 0.1) is 12.3 Å². The molecule has 0 bridgehead atoms. The number of hydrogen-bond donors (Lipinski definition) is 1. The highest BCUT2D eigenvalue weighted by molar-refractivity contribution is 7.09.